The van der Waals surface area contributed by atoms with E-state index in [4.69, 9.17) is 8.27 Å². The minimum atomic E-state index is -4.72. The topological polar surface area (TPSA) is 75.1 Å². The average molecular weight is 233 g/mol. The Hall–Kier alpha value is -0.710. The molecule has 0 bridgehead atoms. The van der Waals surface area contributed by atoms with Crippen molar-refractivity contribution in [2.45, 2.75) is 13.1 Å². The molecule has 0 spiro atoms. The quantitative estimate of drug-likeness (QED) is 0.316. The molecule has 0 rings (SSSR count). The Balaban J connectivity index is 4.93. The zero-order chi connectivity index (χ0) is 13.0. The fourth-order valence-electron chi connectivity index (χ4n) is 0.456. The van der Waals surface area contributed by atoms with Gasteiger partial charge < -0.3 is 4.52 Å². The number of halogens is 3. The second kappa shape index (κ2) is 5.24. The highest BCUT2D eigenvalue weighted by atomic mass is 31.2. The zero-order valence-corrected chi connectivity index (χ0v) is 8.05. The van der Waals surface area contributed by atoms with Gasteiger partial charge in [0.25, 0.3) is 0 Å². The maximum atomic E-state index is 11.8. The fourth-order valence-corrected chi connectivity index (χ4v) is 1.37. The van der Waals surface area contributed by atoms with Gasteiger partial charge in [-0.15, -0.1) is 0 Å². The van der Waals surface area contributed by atoms with Crippen LogP contribution in [-0.4, -0.2) is 25.2 Å². The van der Waals surface area contributed by atoms with Crippen molar-refractivity contribution in [3.63, 3.8) is 0 Å². The molecule has 0 aliphatic carbocycles. The third-order valence-electron chi connectivity index (χ3n) is 1.09. The van der Waals surface area contributed by atoms with Crippen molar-refractivity contribution < 1.29 is 25.0 Å². The van der Waals surface area contributed by atoms with Crippen LogP contribution in [0.15, 0.2) is 5.11 Å². The first kappa shape index (κ1) is 9.83. The molecule has 9 heteroatoms. The fraction of sp³-hybridized carbons (Fsp3) is 1.00. The van der Waals surface area contributed by atoms with Crippen molar-refractivity contribution in [1.29, 1.82) is 0 Å². The van der Waals surface area contributed by atoms with Crippen LogP contribution >= 0.6 is 7.37 Å². The van der Waals surface area contributed by atoms with Crippen LogP contribution in [0.2, 0.25) is 0 Å². The first-order chi connectivity index (χ1) is 7.08. The van der Waals surface area contributed by atoms with Gasteiger partial charge in [-0.1, -0.05) is 12.0 Å². The lowest BCUT2D eigenvalue weighted by molar-refractivity contribution is -0.153. The Labute approximate surface area is 81.1 Å². The minimum Gasteiger partial charge on any atom is -0.319 e. The SMILES string of the molecule is [2H]C([2H])(N=[N+]=[N-])P(=O)(CC)OCC(F)(F)F. The molecule has 1 unspecified atom stereocenters. The summed E-state index contributed by atoms with van der Waals surface area (Å²) < 4.78 is 65.4. The van der Waals surface area contributed by atoms with E-state index in [2.05, 4.69) is 14.5 Å². The summed E-state index contributed by atoms with van der Waals surface area (Å²) in [5.74, 6) is 0. The zero-order valence-electron chi connectivity index (χ0n) is 9.15. The number of nitrogens with zero attached hydrogens (tertiary/aromatic N) is 3. The van der Waals surface area contributed by atoms with Crippen LogP contribution in [0.25, 0.3) is 10.4 Å². The molecule has 0 radical (unpaired) electrons. The van der Waals surface area contributed by atoms with Crippen molar-refractivity contribution in [2.75, 3.05) is 19.0 Å². The van der Waals surface area contributed by atoms with Gasteiger partial charge >= 0.3 is 6.18 Å². The van der Waals surface area contributed by atoms with E-state index in [1.165, 1.54) is 6.92 Å². The molecule has 5 nitrogen and oxygen atoms in total. The predicted molar refractivity (Wildman–Crippen MR) is 44.2 cm³/mol. The van der Waals surface area contributed by atoms with Crippen molar-refractivity contribution in [1.82, 2.24) is 0 Å². The van der Waals surface area contributed by atoms with E-state index in [9.17, 15) is 17.7 Å². The van der Waals surface area contributed by atoms with Crippen LogP contribution in [0.5, 0.6) is 0 Å². The Morgan fingerprint density at radius 2 is 2.29 bits per heavy atom. The summed E-state index contributed by atoms with van der Waals surface area (Å²) in [6.45, 7) is -0.666. The van der Waals surface area contributed by atoms with E-state index < -0.39 is 32.6 Å². The molecule has 0 N–H and O–H groups in total. The van der Waals surface area contributed by atoms with Crippen LogP contribution in [0.4, 0.5) is 13.2 Å². The summed E-state index contributed by atoms with van der Waals surface area (Å²) in [6.07, 6.45) is -8.21. The largest absolute Gasteiger partial charge is 0.412 e. The summed E-state index contributed by atoms with van der Waals surface area (Å²) >= 11 is 0. The second-order valence-corrected chi connectivity index (χ2v) is 4.61. The highest BCUT2D eigenvalue weighted by molar-refractivity contribution is 7.58. The van der Waals surface area contributed by atoms with E-state index in [0.717, 1.165) is 0 Å². The molecule has 1 atom stereocenters. The van der Waals surface area contributed by atoms with Crippen LogP contribution in [-0.2, 0) is 9.09 Å². The number of azide groups is 1. The second-order valence-electron chi connectivity index (χ2n) is 2.17. The van der Waals surface area contributed by atoms with Gasteiger partial charge in [0.2, 0.25) is 7.37 Å². The Morgan fingerprint density at radius 1 is 1.71 bits per heavy atom. The predicted octanol–water partition coefficient (Wildman–Crippen LogP) is 3.13. The number of rotatable bonds is 5. The molecule has 0 amide bonds. The Bertz CT molecular complexity index is 342. The maximum absolute atomic E-state index is 11.8. The monoisotopic (exact) mass is 233 g/mol. The standard InChI is InChI=1S/C5H9F3N3O2P/c1-2-14(12,4-10-11-9)13-3-5(6,7)8/h2-4H2,1H3/i4D2. The van der Waals surface area contributed by atoms with Gasteiger partial charge in [0.1, 0.15) is 12.8 Å². The van der Waals surface area contributed by atoms with E-state index in [-0.39, 0.29) is 0 Å². The lowest BCUT2D eigenvalue weighted by Gasteiger charge is -2.15. The maximum Gasteiger partial charge on any atom is 0.412 e. The van der Waals surface area contributed by atoms with E-state index in [0.29, 0.717) is 0 Å². The third-order valence-corrected chi connectivity index (χ3v) is 2.87. The Kier molecular flexibility index (Phi) is 3.68. The van der Waals surface area contributed by atoms with Gasteiger partial charge in [0.15, 0.2) is 0 Å². The summed E-state index contributed by atoms with van der Waals surface area (Å²) in [4.78, 5) is 2.08. The van der Waals surface area contributed by atoms with Gasteiger partial charge in [-0.25, -0.2) is 0 Å². The van der Waals surface area contributed by atoms with Crippen molar-refractivity contribution in [3.8, 4) is 0 Å². The summed E-state index contributed by atoms with van der Waals surface area (Å²) in [6, 6.07) is 0. The molecule has 0 aromatic carbocycles. The van der Waals surface area contributed by atoms with Crippen molar-refractivity contribution in [3.05, 3.63) is 10.4 Å². The molecular weight excluding hydrogens is 222 g/mol. The summed E-state index contributed by atoms with van der Waals surface area (Å²) in [5, 5.41) is 2.56. The number of hydrogen-bond donors (Lipinski definition) is 0. The molecule has 0 saturated heterocycles. The molecule has 0 aliphatic heterocycles. The number of alkyl halides is 3. The normalized spacial score (nSPS) is 18.9. The van der Waals surface area contributed by atoms with Crippen LogP contribution in [0.1, 0.15) is 9.67 Å². The van der Waals surface area contributed by atoms with Crippen LogP contribution < -0.4 is 0 Å². The van der Waals surface area contributed by atoms with Crippen molar-refractivity contribution >= 4 is 7.37 Å². The molecule has 82 valence electrons. The molecule has 14 heavy (non-hydrogen) atoms. The van der Waals surface area contributed by atoms with Crippen LogP contribution in [0, 0.1) is 0 Å². The lowest BCUT2D eigenvalue weighted by atomic mass is 10.7. The van der Waals surface area contributed by atoms with Crippen molar-refractivity contribution in [2.24, 2.45) is 5.11 Å². The van der Waals surface area contributed by atoms with E-state index >= 15 is 0 Å². The van der Waals surface area contributed by atoms with Gasteiger partial charge in [0.05, 0.1) is 0 Å². The highest BCUT2D eigenvalue weighted by Crippen LogP contribution is 2.47. The van der Waals surface area contributed by atoms with E-state index in [1.807, 2.05) is 0 Å². The van der Waals surface area contributed by atoms with Gasteiger partial charge in [-0.05, 0) is 5.53 Å². The lowest BCUT2D eigenvalue weighted by Crippen LogP contribution is -2.16. The van der Waals surface area contributed by atoms with Gasteiger partial charge in [-0.3, -0.25) is 4.57 Å². The van der Waals surface area contributed by atoms with E-state index in [1.54, 1.807) is 0 Å². The number of hydrogen-bond acceptors (Lipinski definition) is 3. The first-order valence-corrected chi connectivity index (χ1v) is 5.25. The average Bonchev–Trinajstić information content (AvgIpc) is 2.12. The molecular formula is C5H9F3N3O2P. The Morgan fingerprint density at radius 3 is 2.64 bits per heavy atom. The van der Waals surface area contributed by atoms with Gasteiger partial charge in [-0.2, -0.15) is 13.2 Å². The highest BCUT2D eigenvalue weighted by Gasteiger charge is 2.32. The summed E-state index contributed by atoms with van der Waals surface area (Å²) in [5.41, 5.74) is 8.01. The molecule has 0 aromatic rings. The minimum absolute atomic E-state index is 0.505. The molecule has 0 heterocycles. The first-order valence-electron chi connectivity index (χ1n) is 4.44. The molecule has 0 saturated carbocycles. The molecule has 0 aromatic heterocycles. The summed E-state index contributed by atoms with van der Waals surface area (Å²) in [7, 11) is -4.32. The van der Waals surface area contributed by atoms with Gasteiger partial charge in [0, 0.05) is 13.8 Å². The molecule has 0 aliphatic rings. The molecule has 0 fully saturated rings. The third kappa shape index (κ3) is 5.85. The smallest absolute Gasteiger partial charge is 0.319 e. The van der Waals surface area contributed by atoms with Crippen LogP contribution in [0.3, 0.4) is 0 Å².